The molecule has 3 aliphatic carbocycles. The topological polar surface area (TPSA) is 76.1 Å². The Bertz CT molecular complexity index is 1170. The highest BCUT2D eigenvalue weighted by Gasteiger charge is 2.32. The van der Waals surface area contributed by atoms with E-state index in [1.54, 1.807) is 6.07 Å². The lowest BCUT2D eigenvalue weighted by atomic mass is 9.97. The Labute approximate surface area is 175 Å². The molecule has 2 aromatic rings. The summed E-state index contributed by atoms with van der Waals surface area (Å²) < 4.78 is 41.9. The zero-order valence-corrected chi connectivity index (χ0v) is 17.3. The summed E-state index contributed by atoms with van der Waals surface area (Å²) in [4.78, 5) is 16.9. The second-order valence-corrected chi connectivity index (χ2v) is 10.4. The zero-order valence-electron chi connectivity index (χ0n) is 16.5. The van der Waals surface area contributed by atoms with Crippen molar-refractivity contribution in [1.29, 1.82) is 0 Å². The molecule has 3 aliphatic rings. The molecule has 0 aliphatic heterocycles. The van der Waals surface area contributed by atoms with Crippen LogP contribution in [0.3, 0.4) is 0 Å². The molecule has 0 bridgehead atoms. The van der Waals surface area contributed by atoms with E-state index in [9.17, 15) is 17.6 Å². The molecule has 1 aromatic heterocycles. The van der Waals surface area contributed by atoms with Gasteiger partial charge in [-0.15, -0.1) is 0 Å². The van der Waals surface area contributed by atoms with Gasteiger partial charge in [-0.1, -0.05) is 24.6 Å². The van der Waals surface area contributed by atoms with Crippen LogP contribution in [0.15, 0.2) is 30.3 Å². The minimum atomic E-state index is -3.56. The lowest BCUT2D eigenvalue weighted by Crippen LogP contribution is -2.33. The van der Waals surface area contributed by atoms with E-state index in [4.69, 9.17) is 0 Å². The van der Waals surface area contributed by atoms with E-state index in [0.717, 1.165) is 36.1 Å². The molecule has 0 atom stereocenters. The number of pyridine rings is 1. The standard InChI is InChI=1S/C23H23FN2O3S/c24-20-11-15(9-10-22(20)26-30(28,29)17-3-1-4-17)19-12-16(13-23(27)14-7-8-14)25-21-6-2-5-18(19)21/h2,5,9-12,14,17,26H,1,3-4,6-8,13H2. The van der Waals surface area contributed by atoms with Gasteiger partial charge < -0.3 is 0 Å². The number of aromatic nitrogens is 1. The van der Waals surface area contributed by atoms with Crippen molar-refractivity contribution >= 4 is 27.6 Å². The average molecular weight is 427 g/mol. The molecule has 0 amide bonds. The van der Waals surface area contributed by atoms with Crippen molar-refractivity contribution in [2.45, 2.75) is 50.2 Å². The van der Waals surface area contributed by atoms with Gasteiger partial charge in [0.1, 0.15) is 11.6 Å². The lowest BCUT2D eigenvalue weighted by molar-refractivity contribution is -0.119. The Balaban J connectivity index is 1.46. The molecule has 1 aromatic carbocycles. The number of hydrogen-bond acceptors (Lipinski definition) is 4. The highest BCUT2D eigenvalue weighted by molar-refractivity contribution is 7.93. The third kappa shape index (κ3) is 3.67. The number of allylic oxidation sites excluding steroid dienone is 1. The van der Waals surface area contributed by atoms with Crippen LogP contribution in [0.25, 0.3) is 17.2 Å². The Morgan fingerprint density at radius 1 is 1.17 bits per heavy atom. The minimum absolute atomic E-state index is 0.0315. The predicted molar refractivity (Wildman–Crippen MR) is 114 cm³/mol. The van der Waals surface area contributed by atoms with Crippen LogP contribution in [0.5, 0.6) is 0 Å². The van der Waals surface area contributed by atoms with E-state index < -0.39 is 21.1 Å². The van der Waals surface area contributed by atoms with Crippen LogP contribution in [0.4, 0.5) is 10.1 Å². The maximum absolute atomic E-state index is 14.8. The number of hydrogen-bond donors (Lipinski definition) is 1. The van der Waals surface area contributed by atoms with E-state index in [-0.39, 0.29) is 17.4 Å². The van der Waals surface area contributed by atoms with Crippen molar-refractivity contribution in [3.05, 3.63) is 53.1 Å². The van der Waals surface area contributed by atoms with Crippen LogP contribution in [-0.4, -0.2) is 24.4 Å². The average Bonchev–Trinajstić information content (AvgIpc) is 3.39. The fraction of sp³-hybridized carbons (Fsp3) is 0.391. The van der Waals surface area contributed by atoms with E-state index in [1.165, 1.54) is 12.1 Å². The molecular formula is C23H23FN2O3S. The van der Waals surface area contributed by atoms with Gasteiger partial charge in [0.2, 0.25) is 10.0 Å². The summed E-state index contributed by atoms with van der Waals surface area (Å²) in [6.07, 6.45) is 9.00. The third-order valence-corrected chi connectivity index (χ3v) is 8.05. The molecule has 0 spiro atoms. The van der Waals surface area contributed by atoms with Gasteiger partial charge in [0.05, 0.1) is 16.6 Å². The molecule has 1 heterocycles. The lowest BCUT2D eigenvalue weighted by Gasteiger charge is -2.25. The highest BCUT2D eigenvalue weighted by atomic mass is 32.2. The summed E-state index contributed by atoms with van der Waals surface area (Å²) in [6.45, 7) is 0. The Hall–Kier alpha value is -2.54. The molecule has 2 fully saturated rings. The fourth-order valence-electron chi connectivity index (χ4n) is 4.04. The fourth-order valence-corrected chi connectivity index (χ4v) is 5.63. The van der Waals surface area contributed by atoms with Crippen molar-refractivity contribution in [3.8, 4) is 11.1 Å². The summed E-state index contributed by atoms with van der Waals surface area (Å²) >= 11 is 0. The number of anilines is 1. The van der Waals surface area contributed by atoms with Crippen molar-refractivity contribution in [1.82, 2.24) is 4.98 Å². The summed E-state index contributed by atoms with van der Waals surface area (Å²) in [5.41, 5.74) is 3.96. The number of nitrogens with one attached hydrogen (secondary N) is 1. The second-order valence-electron chi connectivity index (χ2n) is 8.44. The van der Waals surface area contributed by atoms with Gasteiger partial charge in [-0.2, -0.15) is 0 Å². The Kier molecular flexibility index (Phi) is 4.73. The van der Waals surface area contributed by atoms with Crippen molar-refractivity contribution < 1.29 is 17.6 Å². The molecule has 5 nitrogen and oxygen atoms in total. The smallest absolute Gasteiger partial charge is 0.235 e. The number of Topliss-reactive ketones (excluding diaryl/α,β-unsaturated/α-hetero) is 1. The maximum Gasteiger partial charge on any atom is 0.235 e. The van der Waals surface area contributed by atoms with Gasteiger partial charge >= 0.3 is 0 Å². The molecular weight excluding hydrogens is 403 g/mol. The first kappa shape index (κ1) is 19.4. The molecule has 30 heavy (non-hydrogen) atoms. The predicted octanol–water partition coefficient (Wildman–Crippen LogP) is 4.27. The van der Waals surface area contributed by atoms with Gasteiger partial charge in [-0.25, -0.2) is 12.8 Å². The van der Waals surface area contributed by atoms with Crippen molar-refractivity contribution in [2.24, 2.45) is 5.92 Å². The maximum atomic E-state index is 14.8. The molecule has 7 heteroatoms. The molecule has 2 saturated carbocycles. The van der Waals surface area contributed by atoms with E-state index in [2.05, 4.69) is 9.71 Å². The molecule has 1 N–H and O–H groups in total. The van der Waals surface area contributed by atoms with Gasteiger partial charge in [0.15, 0.2) is 0 Å². The van der Waals surface area contributed by atoms with Crippen LogP contribution in [0.1, 0.15) is 49.1 Å². The zero-order chi connectivity index (χ0) is 20.9. The number of sulfonamides is 1. The normalized spacial score (nSPS) is 18.2. The van der Waals surface area contributed by atoms with Gasteiger partial charge in [0, 0.05) is 30.0 Å². The molecule has 5 rings (SSSR count). The van der Waals surface area contributed by atoms with Crippen LogP contribution in [0.2, 0.25) is 0 Å². The summed E-state index contributed by atoms with van der Waals surface area (Å²) in [7, 11) is -3.56. The summed E-state index contributed by atoms with van der Waals surface area (Å²) in [5, 5.41) is -0.434. The molecule has 0 unspecified atom stereocenters. The number of carbonyl (C=O) groups excluding carboxylic acids is 1. The van der Waals surface area contributed by atoms with Gasteiger partial charge in [0.25, 0.3) is 0 Å². The molecule has 0 radical (unpaired) electrons. The van der Waals surface area contributed by atoms with Crippen LogP contribution < -0.4 is 4.72 Å². The van der Waals surface area contributed by atoms with Gasteiger partial charge in [-0.05, 0) is 55.0 Å². The molecule has 0 saturated heterocycles. The number of rotatable bonds is 7. The highest BCUT2D eigenvalue weighted by Crippen LogP contribution is 2.35. The van der Waals surface area contributed by atoms with Gasteiger partial charge in [-0.3, -0.25) is 14.5 Å². The SMILES string of the molecule is O=C(Cc1cc(-c2ccc(NS(=O)(=O)C3CCC3)c(F)c2)c2c(n1)CC=C2)C1CC1. The molecule has 156 valence electrons. The first-order valence-electron chi connectivity index (χ1n) is 10.4. The summed E-state index contributed by atoms with van der Waals surface area (Å²) in [5.74, 6) is -0.230. The Morgan fingerprint density at radius 2 is 1.97 bits per heavy atom. The summed E-state index contributed by atoms with van der Waals surface area (Å²) in [6, 6.07) is 6.41. The first-order chi connectivity index (χ1) is 14.4. The quantitative estimate of drug-likeness (QED) is 0.717. The number of ketones is 1. The van der Waals surface area contributed by atoms with E-state index in [1.807, 2.05) is 18.2 Å². The Morgan fingerprint density at radius 3 is 2.63 bits per heavy atom. The second kappa shape index (κ2) is 7.30. The number of fused-ring (bicyclic) bond motifs is 1. The number of halogens is 1. The minimum Gasteiger partial charge on any atom is -0.299 e. The van der Waals surface area contributed by atoms with Crippen molar-refractivity contribution in [3.63, 3.8) is 0 Å². The van der Waals surface area contributed by atoms with Crippen LogP contribution in [-0.2, 0) is 27.7 Å². The number of carbonyl (C=O) groups is 1. The van der Waals surface area contributed by atoms with Crippen LogP contribution in [0, 0.1) is 11.7 Å². The third-order valence-electron chi connectivity index (χ3n) is 6.20. The van der Waals surface area contributed by atoms with E-state index >= 15 is 0 Å². The number of nitrogens with zero attached hydrogens (tertiary/aromatic N) is 1. The monoisotopic (exact) mass is 426 g/mol. The van der Waals surface area contributed by atoms with E-state index in [0.29, 0.717) is 36.9 Å². The van der Waals surface area contributed by atoms with Crippen molar-refractivity contribution in [2.75, 3.05) is 4.72 Å². The van der Waals surface area contributed by atoms with Crippen LogP contribution >= 0.6 is 0 Å². The first-order valence-corrected chi connectivity index (χ1v) is 12.0. The number of benzene rings is 1. The largest absolute Gasteiger partial charge is 0.299 e.